The molecule has 0 aromatic heterocycles. The third-order valence-corrected chi connectivity index (χ3v) is 11.8. The molecule has 2 unspecified atom stereocenters. The van der Waals surface area contributed by atoms with Crippen LogP contribution in [-0.4, -0.2) is 75.5 Å². The maximum absolute atomic E-state index is 12.8. The van der Waals surface area contributed by atoms with Gasteiger partial charge in [-0.3, -0.25) is 9.59 Å². The van der Waals surface area contributed by atoms with Gasteiger partial charge in [0.25, 0.3) is 0 Å². The molecular formula is C53H99NO7. The first-order valence-corrected chi connectivity index (χ1v) is 25.9. The van der Waals surface area contributed by atoms with E-state index in [0.29, 0.717) is 12.8 Å². The van der Waals surface area contributed by atoms with Gasteiger partial charge >= 0.3 is 11.9 Å². The Morgan fingerprint density at radius 2 is 0.820 bits per heavy atom. The summed E-state index contributed by atoms with van der Waals surface area (Å²) in [5.41, 5.74) is 0. The second-order valence-electron chi connectivity index (χ2n) is 18.8. The number of esters is 2. The summed E-state index contributed by atoms with van der Waals surface area (Å²) in [4.78, 5) is 37.0. The molecule has 61 heavy (non-hydrogen) atoms. The molecule has 0 amide bonds. The first-order chi connectivity index (χ1) is 29.6. The average molecular weight is 862 g/mol. The summed E-state index contributed by atoms with van der Waals surface area (Å²) >= 11 is 0. The van der Waals surface area contributed by atoms with Crippen molar-refractivity contribution in [1.82, 2.24) is 0 Å². The van der Waals surface area contributed by atoms with Gasteiger partial charge in [-0.15, -0.1) is 0 Å². The number of nitrogens with zero attached hydrogens (tertiary/aromatic N) is 1. The standard InChI is InChI=1S/C53H99NO7/c1-6-8-10-12-14-16-18-20-22-23-24-25-26-27-28-29-30-32-34-36-38-40-42-44-52(56)61-49(47-59-46-45-50(53(57)58)54(3,4)5)48-60-51(55)43-41-39-37-35-33-31-21-19-17-15-13-11-9-7-2/h19,21,23-24,49-50H,6-18,20,22,25-48H2,1-5H3/b21-19-,24-23-. The summed E-state index contributed by atoms with van der Waals surface area (Å²) in [7, 11) is 5.42. The van der Waals surface area contributed by atoms with Gasteiger partial charge in [-0.2, -0.15) is 0 Å². The lowest BCUT2D eigenvalue weighted by Crippen LogP contribution is -2.55. The van der Waals surface area contributed by atoms with Crippen LogP contribution in [0.5, 0.6) is 0 Å². The van der Waals surface area contributed by atoms with Gasteiger partial charge in [0, 0.05) is 19.3 Å². The molecule has 0 aliphatic carbocycles. The number of likely N-dealkylation sites (N-methyl/N-ethyl adjacent to an activating group) is 1. The van der Waals surface area contributed by atoms with Crippen LogP contribution < -0.4 is 5.11 Å². The number of aliphatic carboxylic acids is 1. The maximum Gasteiger partial charge on any atom is 0.306 e. The van der Waals surface area contributed by atoms with Crippen LogP contribution in [-0.2, 0) is 28.6 Å². The minimum absolute atomic E-state index is 0.0414. The lowest BCUT2D eigenvalue weighted by atomic mass is 10.0. The third kappa shape index (κ3) is 42.9. The number of unbranched alkanes of at least 4 members (excludes halogenated alkanes) is 29. The van der Waals surface area contributed by atoms with E-state index in [1.54, 1.807) is 21.1 Å². The van der Waals surface area contributed by atoms with Crippen molar-refractivity contribution in [3.05, 3.63) is 24.3 Å². The Labute approximate surface area is 377 Å². The Bertz CT molecular complexity index is 1050. The predicted octanol–water partition coefficient (Wildman–Crippen LogP) is 13.5. The molecule has 0 radical (unpaired) electrons. The van der Waals surface area contributed by atoms with Gasteiger partial charge in [0.1, 0.15) is 12.6 Å². The zero-order valence-electron chi connectivity index (χ0n) is 40.8. The zero-order valence-corrected chi connectivity index (χ0v) is 40.8. The normalized spacial score (nSPS) is 13.0. The number of ether oxygens (including phenoxy) is 3. The van der Waals surface area contributed by atoms with Crippen LogP contribution in [0.25, 0.3) is 0 Å². The summed E-state index contributed by atoms with van der Waals surface area (Å²) < 4.78 is 17.2. The predicted molar refractivity (Wildman–Crippen MR) is 254 cm³/mol. The molecule has 0 rings (SSSR count). The maximum atomic E-state index is 12.8. The largest absolute Gasteiger partial charge is 0.544 e. The number of quaternary nitrogens is 1. The molecule has 0 saturated heterocycles. The van der Waals surface area contributed by atoms with Crippen molar-refractivity contribution in [2.45, 2.75) is 257 Å². The molecule has 0 aliphatic rings. The minimum Gasteiger partial charge on any atom is -0.544 e. The Hall–Kier alpha value is -2.19. The molecule has 8 nitrogen and oxygen atoms in total. The number of carbonyl (C=O) groups excluding carboxylic acids is 3. The minimum atomic E-state index is -1.12. The number of allylic oxidation sites excluding steroid dienone is 4. The summed E-state index contributed by atoms with van der Waals surface area (Å²) in [5, 5.41) is 11.7. The number of carboxylic acid groups (broad SMARTS) is 1. The van der Waals surface area contributed by atoms with E-state index in [2.05, 4.69) is 38.2 Å². The van der Waals surface area contributed by atoms with E-state index >= 15 is 0 Å². The monoisotopic (exact) mass is 862 g/mol. The van der Waals surface area contributed by atoms with Gasteiger partial charge in [0.15, 0.2) is 6.10 Å². The lowest BCUT2D eigenvalue weighted by Gasteiger charge is -2.34. The third-order valence-electron chi connectivity index (χ3n) is 11.8. The molecular weight excluding hydrogens is 763 g/mol. The summed E-state index contributed by atoms with van der Waals surface area (Å²) in [6.45, 7) is 4.67. The molecule has 0 N–H and O–H groups in total. The molecule has 8 heteroatoms. The van der Waals surface area contributed by atoms with Crippen molar-refractivity contribution in [3.63, 3.8) is 0 Å². The Morgan fingerprint density at radius 1 is 0.475 bits per heavy atom. The van der Waals surface area contributed by atoms with E-state index in [1.165, 1.54) is 161 Å². The molecule has 0 saturated carbocycles. The van der Waals surface area contributed by atoms with Crippen LogP contribution in [0, 0.1) is 0 Å². The van der Waals surface area contributed by atoms with Gasteiger partial charge in [-0.1, -0.05) is 186 Å². The second-order valence-corrected chi connectivity index (χ2v) is 18.8. The summed E-state index contributed by atoms with van der Waals surface area (Å²) in [6, 6.07) is -0.725. The molecule has 0 spiro atoms. The molecule has 0 fully saturated rings. The highest BCUT2D eigenvalue weighted by atomic mass is 16.6. The van der Waals surface area contributed by atoms with Crippen molar-refractivity contribution in [3.8, 4) is 0 Å². The highest BCUT2D eigenvalue weighted by Crippen LogP contribution is 2.16. The van der Waals surface area contributed by atoms with Crippen LogP contribution in [0.2, 0.25) is 0 Å². The molecule has 358 valence electrons. The number of carbonyl (C=O) groups is 3. The number of hydrogen-bond donors (Lipinski definition) is 0. The van der Waals surface area contributed by atoms with E-state index < -0.39 is 18.1 Å². The fraction of sp³-hybridized carbons (Fsp3) is 0.868. The van der Waals surface area contributed by atoms with Crippen LogP contribution in [0.15, 0.2) is 24.3 Å². The van der Waals surface area contributed by atoms with Crippen LogP contribution in [0.1, 0.15) is 245 Å². The Morgan fingerprint density at radius 3 is 1.18 bits per heavy atom. The van der Waals surface area contributed by atoms with E-state index in [1.807, 2.05) is 0 Å². The number of hydrogen-bond acceptors (Lipinski definition) is 7. The van der Waals surface area contributed by atoms with Gasteiger partial charge in [-0.25, -0.2) is 0 Å². The number of carboxylic acids is 1. The topological polar surface area (TPSA) is 102 Å². The Balaban J connectivity index is 4.19. The van der Waals surface area contributed by atoms with Crippen LogP contribution in [0.4, 0.5) is 0 Å². The first-order valence-electron chi connectivity index (χ1n) is 25.9. The summed E-state index contributed by atoms with van der Waals surface area (Å²) in [6.07, 6.45) is 50.7. The smallest absolute Gasteiger partial charge is 0.306 e. The second kappa shape index (κ2) is 44.4. The van der Waals surface area contributed by atoms with Gasteiger partial charge < -0.3 is 28.6 Å². The average Bonchev–Trinajstić information content (AvgIpc) is 3.22. The SMILES string of the molecule is CCCCCCC/C=C\CCCCCCCC(=O)OCC(COCCC(C(=O)[O-])[N+](C)(C)C)OC(=O)CCCCCCCCCCCCC/C=C\CCCCCCCCCC. The fourth-order valence-electron chi connectivity index (χ4n) is 7.77. The van der Waals surface area contributed by atoms with Gasteiger partial charge in [0.05, 0.1) is 40.3 Å². The van der Waals surface area contributed by atoms with E-state index in [-0.39, 0.29) is 42.7 Å². The highest BCUT2D eigenvalue weighted by molar-refractivity contribution is 5.70. The van der Waals surface area contributed by atoms with Crippen molar-refractivity contribution in [1.29, 1.82) is 0 Å². The molecule has 0 aromatic rings. The van der Waals surface area contributed by atoms with E-state index in [9.17, 15) is 19.5 Å². The first kappa shape index (κ1) is 58.8. The zero-order chi connectivity index (χ0) is 44.9. The van der Waals surface area contributed by atoms with Crippen molar-refractivity contribution in [2.24, 2.45) is 0 Å². The number of rotatable bonds is 47. The molecule has 0 aliphatic heterocycles. The fourth-order valence-corrected chi connectivity index (χ4v) is 7.77. The van der Waals surface area contributed by atoms with E-state index in [0.717, 1.165) is 51.4 Å². The molecule has 0 aromatic carbocycles. The van der Waals surface area contributed by atoms with Crippen molar-refractivity contribution >= 4 is 17.9 Å². The van der Waals surface area contributed by atoms with Gasteiger partial charge in [0.2, 0.25) is 0 Å². The molecule has 0 bridgehead atoms. The molecule has 0 heterocycles. The van der Waals surface area contributed by atoms with Crippen LogP contribution >= 0.6 is 0 Å². The van der Waals surface area contributed by atoms with E-state index in [4.69, 9.17) is 14.2 Å². The van der Waals surface area contributed by atoms with Crippen molar-refractivity contribution in [2.75, 3.05) is 41.0 Å². The molecule has 2 atom stereocenters. The quantitative estimate of drug-likeness (QED) is 0.0260. The van der Waals surface area contributed by atoms with Crippen LogP contribution in [0.3, 0.4) is 0 Å². The Kier molecular flexibility index (Phi) is 42.8. The lowest BCUT2D eigenvalue weighted by molar-refractivity contribution is -0.889. The van der Waals surface area contributed by atoms with Crippen molar-refractivity contribution < 1.29 is 38.2 Å². The summed E-state index contributed by atoms with van der Waals surface area (Å²) in [5.74, 6) is -1.73. The van der Waals surface area contributed by atoms with Gasteiger partial charge in [-0.05, 0) is 64.2 Å². The highest BCUT2D eigenvalue weighted by Gasteiger charge is 2.25.